The first-order chi connectivity index (χ1) is 11.8. The third-order valence-corrected chi connectivity index (χ3v) is 5.71. The fourth-order valence-electron chi connectivity index (χ4n) is 2.46. The first kappa shape index (κ1) is 19.1. The molecule has 0 saturated carbocycles. The van der Waals surface area contributed by atoms with Crippen molar-refractivity contribution < 1.29 is 13.2 Å². The first-order valence-electron chi connectivity index (χ1n) is 7.92. The van der Waals surface area contributed by atoms with E-state index >= 15 is 0 Å². The molecule has 0 aliphatic carbocycles. The lowest BCUT2D eigenvalue weighted by Gasteiger charge is -2.20. The van der Waals surface area contributed by atoms with Gasteiger partial charge in [0.05, 0.1) is 10.8 Å². The van der Waals surface area contributed by atoms with Gasteiger partial charge in [0.25, 0.3) is 0 Å². The SMILES string of the molecule is CNS(=O)(=O)c1cc(NC(=O)C(C)C(N)c2ccccc2)ccc1C. The fraction of sp³-hybridized carbons (Fsp3) is 0.278. The largest absolute Gasteiger partial charge is 0.326 e. The number of hydrogen-bond donors (Lipinski definition) is 3. The maximum Gasteiger partial charge on any atom is 0.240 e. The molecule has 2 aromatic carbocycles. The average molecular weight is 361 g/mol. The molecule has 134 valence electrons. The van der Waals surface area contributed by atoms with Crippen LogP contribution >= 0.6 is 0 Å². The van der Waals surface area contributed by atoms with Crippen molar-refractivity contribution in [1.29, 1.82) is 0 Å². The summed E-state index contributed by atoms with van der Waals surface area (Å²) in [5.41, 5.74) is 8.05. The molecule has 0 aromatic heterocycles. The van der Waals surface area contributed by atoms with E-state index in [-0.39, 0.29) is 10.8 Å². The zero-order chi connectivity index (χ0) is 18.6. The molecule has 0 spiro atoms. The predicted octanol–water partition coefficient (Wildman–Crippen LogP) is 2.18. The van der Waals surface area contributed by atoms with Gasteiger partial charge >= 0.3 is 0 Å². The van der Waals surface area contributed by atoms with Crippen LogP contribution in [0.15, 0.2) is 53.4 Å². The summed E-state index contributed by atoms with van der Waals surface area (Å²) >= 11 is 0. The summed E-state index contributed by atoms with van der Waals surface area (Å²) in [6.45, 7) is 3.44. The second-order valence-electron chi connectivity index (χ2n) is 5.90. The molecule has 6 nitrogen and oxygen atoms in total. The van der Waals surface area contributed by atoms with Gasteiger partial charge < -0.3 is 11.1 Å². The minimum absolute atomic E-state index is 0.132. The van der Waals surface area contributed by atoms with E-state index in [2.05, 4.69) is 10.0 Å². The maximum atomic E-state index is 12.5. The zero-order valence-electron chi connectivity index (χ0n) is 14.5. The lowest BCUT2D eigenvalue weighted by atomic mass is 9.94. The molecule has 0 bridgehead atoms. The van der Waals surface area contributed by atoms with Gasteiger partial charge in [0.1, 0.15) is 0 Å². The predicted molar refractivity (Wildman–Crippen MR) is 98.6 cm³/mol. The average Bonchev–Trinajstić information content (AvgIpc) is 2.62. The molecule has 0 radical (unpaired) electrons. The number of nitrogens with one attached hydrogen (secondary N) is 2. The van der Waals surface area contributed by atoms with Gasteiger partial charge in [-0.05, 0) is 37.2 Å². The van der Waals surface area contributed by atoms with Gasteiger partial charge in [-0.1, -0.05) is 43.3 Å². The number of sulfonamides is 1. The summed E-state index contributed by atoms with van der Waals surface area (Å²) < 4.78 is 26.4. The summed E-state index contributed by atoms with van der Waals surface area (Å²) in [5.74, 6) is -0.749. The highest BCUT2D eigenvalue weighted by atomic mass is 32.2. The van der Waals surface area contributed by atoms with Crippen molar-refractivity contribution in [3.05, 3.63) is 59.7 Å². The molecule has 25 heavy (non-hydrogen) atoms. The smallest absolute Gasteiger partial charge is 0.240 e. The molecule has 0 fully saturated rings. The van der Waals surface area contributed by atoms with Crippen molar-refractivity contribution in [3.8, 4) is 0 Å². The molecule has 2 rings (SSSR count). The Labute approximate surface area is 148 Å². The van der Waals surface area contributed by atoms with Gasteiger partial charge in [-0.15, -0.1) is 0 Å². The topological polar surface area (TPSA) is 101 Å². The van der Waals surface area contributed by atoms with Crippen molar-refractivity contribution in [1.82, 2.24) is 4.72 Å². The number of carbonyl (C=O) groups excluding carboxylic acids is 1. The number of carbonyl (C=O) groups is 1. The number of nitrogens with two attached hydrogens (primary N) is 1. The van der Waals surface area contributed by atoms with Crippen molar-refractivity contribution >= 4 is 21.6 Å². The van der Waals surface area contributed by atoms with E-state index in [1.807, 2.05) is 30.3 Å². The third kappa shape index (κ3) is 4.45. The molecular formula is C18H23N3O3S. The van der Waals surface area contributed by atoms with Crippen LogP contribution in [-0.4, -0.2) is 21.4 Å². The summed E-state index contributed by atoms with van der Waals surface area (Å²) in [7, 11) is -2.24. The highest BCUT2D eigenvalue weighted by molar-refractivity contribution is 7.89. The normalized spacial score (nSPS) is 13.9. The van der Waals surface area contributed by atoms with E-state index in [4.69, 9.17) is 5.73 Å². The maximum absolute atomic E-state index is 12.5. The fourth-order valence-corrected chi connectivity index (χ4v) is 3.45. The Balaban J connectivity index is 2.19. The minimum Gasteiger partial charge on any atom is -0.326 e. The Morgan fingerprint density at radius 2 is 1.76 bits per heavy atom. The van der Waals surface area contributed by atoms with Crippen molar-refractivity contribution in [2.24, 2.45) is 11.7 Å². The highest BCUT2D eigenvalue weighted by Crippen LogP contribution is 2.23. The lowest BCUT2D eigenvalue weighted by molar-refractivity contribution is -0.120. The summed E-state index contributed by atoms with van der Waals surface area (Å²) in [5, 5.41) is 2.74. The van der Waals surface area contributed by atoms with Gasteiger partial charge in [0.2, 0.25) is 15.9 Å². The third-order valence-electron chi connectivity index (χ3n) is 4.15. The quantitative estimate of drug-likeness (QED) is 0.734. The van der Waals surface area contributed by atoms with Crippen LogP contribution in [0.5, 0.6) is 0 Å². The van der Waals surface area contributed by atoms with E-state index in [1.165, 1.54) is 13.1 Å². The zero-order valence-corrected chi connectivity index (χ0v) is 15.3. The number of aryl methyl sites for hydroxylation is 1. The van der Waals surface area contributed by atoms with Gasteiger partial charge in [0, 0.05) is 11.7 Å². The molecule has 4 N–H and O–H groups in total. The Kier molecular flexibility index (Phi) is 5.94. The Bertz CT molecular complexity index is 851. The Morgan fingerprint density at radius 1 is 1.12 bits per heavy atom. The molecule has 0 saturated heterocycles. The van der Waals surface area contributed by atoms with E-state index in [9.17, 15) is 13.2 Å². The molecule has 2 aromatic rings. The first-order valence-corrected chi connectivity index (χ1v) is 9.40. The van der Waals surface area contributed by atoms with Crippen LogP contribution in [0.4, 0.5) is 5.69 Å². The van der Waals surface area contributed by atoms with Crippen LogP contribution in [-0.2, 0) is 14.8 Å². The molecule has 2 unspecified atom stereocenters. The van der Waals surface area contributed by atoms with E-state index in [0.717, 1.165) is 5.56 Å². The van der Waals surface area contributed by atoms with Crippen LogP contribution in [0.25, 0.3) is 0 Å². The second kappa shape index (κ2) is 7.77. The number of anilines is 1. The molecule has 2 atom stereocenters. The molecule has 7 heteroatoms. The van der Waals surface area contributed by atoms with Gasteiger partial charge in [0.15, 0.2) is 0 Å². The highest BCUT2D eigenvalue weighted by Gasteiger charge is 2.23. The molecule has 0 aliphatic rings. The summed E-state index contributed by atoms with van der Waals surface area (Å²) in [6, 6.07) is 13.7. The van der Waals surface area contributed by atoms with E-state index in [1.54, 1.807) is 26.0 Å². The van der Waals surface area contributed by atoms with Gasteiger partial charge in [-0.25, -0.2) is 13.1 Å². The molecule has 0 heterocycles. The Hall–Kier alpha value is -2.22. The summed E-state index contributed by atoms with van der Waals surface area (Å²) in [6.07, 6.45) is 0. The monoisotopic (exact) mass is 361 g/mol. The second-order valence-corrected chi connectivity index (χ2v) is 7.76. The van der Waals surface area contributed by atoms with Crippen LogP contribution in [0.3, 0.4) is 0 Å². The standard InChI is InChI=1S/C18H23N3O3S/c1-12-9-10-15(11-16(12)25(23,24)20-3)21-18(22)13(2)17(19)14-7-5-4-6-8-14/h4-11,13,17,20H,19H2,1-3H3,(H,21,22). The number of amides is 1. The van der Waals surface area contributed by atoms with Crippen molar-refractivity contribution in [2.45, 2.75) is 24.8 Å². The van der Waals surface area contributed by atoms with E-state index < -0.39 is 22.0 Å². The number of benzene rings is 2. The van der Waals surface area contributed by atoms with Gasteiger partial charge in [-0.2, -0.15) is 0 Å². The summed E-state index contributed by atoms with van der Waals surface area (Å²) in [4.78, 5) is 12.6. The minimum atomic E-state index is -3.59. The van der Waals surface area contributed by atoms with Crippen molar-refractivity contribution in [3.63, 3.8) is 0 Å². The number of rotatable bonds is 6. The Morgan fingerprint density at radius 3 is 2.36 bits per heavy atom. The van der Waals surface area contributed by atoms with Crippen LogP contribution in [0.1, 0.15) is 24.1 Å². The molecule has 1 amide bonds. The van der Waals surface area contributed by atoms with Crippen LogP contribution < -0.4 is 15.8 Å². The molecule has 0 aliphatic heterocycles. The van der Waals surface area contributed by atoms with E-state index in [0.29, 0.717) is 11.3 Å². The van der Waals surface area contributed by atoms with Crippen molar-refractivity contribution in [2.75, 3.05) is 12.4 Å². The number of hydrogen-bond acceptors (Lipinski definition) is 4. The van der Waals surface area contributed by atoms with Crippen LogP contribution in [0.2, 0.25) is 0 Å². The van der Waals surface area contributed by atoms with Gasteiger partial charge in [-0.3, -0.25) is 4.79 Å². The lowest BCUT2D eigenvalue weighted by Crippen LogP contribution is -2.30. The van der Waals surface area contributed by atoms with Crippen LogP contribution in [0, 0.1) is 12.8 Å². The molecular weight excluding hydrogens is 338 g/mol.